The molecular weight excluding hydrogens is 926 g/mol. The molecule has 0 unspecified atom stereocenters. The molecule has 370 valence electrons. The fraction of sp³-hybridized carbons (Fsp3) is 0.354. The van der Waals surface area contributed by atoms with Crippen LogP contribution in [0.25, 0.3) is 55.9 Å². The third-order valence-electron chi connectivity index (χ3n) is 13.0. The maximum atomic E-state index is 14.7. The van der Waals surface area contributed by atoms with E-state index in [9.17, 15) is 4.39 Å². The first-order chi connectivity index (χ1) is 35.2. The summed E-state index contributed by atoms with van der Waals surface area (Å²) < 4.78 is 42.7. The maximum absolute atomic E-state index is 14.7. The molecule has 10 heterocycles. The standard InChI is InChI=1S/C25H29N9O3.C23H23FN10O/c1-35-15-16-36-19-6-4-18(5-7-19)32-11-8-31(9-12-32)10-13-33-23-20(17-27-33)24-28-22(21-3-2-14-37-21)30-34(24)25(26)29-23;1-3-4-20-27-22-16-13-26-33(21(16)28-23(25)34(22)29-20)10-7-31-5-8-32(9-6-31)18-11-15-14(2)30-35-19(15)12-17(18)24/h2-7,14,17H,8-13,15-16H2,1H3,(H2,26,29);11-13H,5-10H2,1-2H3,(H2,25,28). The zero-order chi connectivity index (χ0) is 49.3. The molecule has 10 aromatic rings. The van der Waals surface area contributed by atoms with Crippen LogP contribution in [0.4, 0.5) is 27.7 Å². The minimum absolute atomic E-state index is 0.238. The second-order valence-electron chi connectivity index (χ2n) is 17.4. The van der Waals surface area contributed by atoms with Crippen LogP contribution in [-0.4, -0.2) is 159 Å². The van der Waals surface area contributed by atoms with Crippen LogP contribution >= 0.6 is 0 Å². The largest absolute Gasteiger partial charge is 0.491 e. The Morgan fingerprint density at radius 3 is 1.97 bits per heavy atom. The van der Waals surface area contributed by atoms with E-state index in [0.29, 0.717) is 77.6 Å². The molecule has 2 fully saturated rings. The summed E-state index contributed by atoms with van der Waals surface area (Å²) in [5, 5.41) is 24.2. The van der Waals surface area contributed by atoms with Crippen molar-refractivity contribution in [1.82, 2.24) is 73.7 Å². The number of furan rings is 1. The van der Waals surface area contributed by atoms with Gasteiger partial charge in [0.25, 0.3) is 0 Å². The van der Waals surface area contributed by atoms with Crippen LogP contribution in [0.1, 0.15) is 18.4 Å². The molecule has 0 bridgehead atoms. The maximum Gasteiger partial charge on any atom is 0.226 e. The lowest BCUT2D eigenvalue weighted by Crippen LogP contribution is -2.47. The molecule has 24 heteroatoms. The lowest BCUT2D eigenvalue weighted by molar-refractivity contribution is 0.146. The van der Waals surface area contributed by atoms with Crippen LogP contribution in [0.15, 0.2) is 76.1 Å². The van der Waals surface area contributed by atoms with Crippen LogP contribution in [0, 0.1) is 24.6 Å². The first kappa shape index (κ1) is 46.0. The van der Waals surface area contributed by atoms with Crippen molar-refractivity contribution in [1.29, 1.82) is 0 Å². The molecule has 2 aliphatic heterocycles. The topological polar surface area (TPSA) is 244 Å². The number of anilines is 4. The first-order valence-corrected chi connectivity index (χ1v) is 23.7. The summed E-state index contributed by atoms with van der Waals surface area (Å²) in [6, 6.07) is 15.1. The van der Waals surface area contributed by atoms with Gasteiger partial charge in [0.05, 0.1) is 60.5 Å². The monoisotopic (exact) mass is 977 g/mol. The Morgan fingerprint density at radius 2 is 1.35 bits per heavy atom. The first-order valence-electron chi connectivity index (χ1n) is 23.7. The highest BCUT2D eigenvalue weighted by molar-refractivity contribution is 5.91. The smallest absolute Gasteiger partial charge is 0.226 e. The number of aromatic nitrogens is 13. The van der Waals surface area contributed by atoms with Crippen LogP contribution in [0.5, 0.6) is 5.75 Å². The average Bonchev–Trinajstić information content (AvgIpc) is 4.27. The average molecular weight is 978 g/mol. The Hall–Kier alpha value is -8.40. The molecular formula is C48H52FN19O4. The summed E-state index contributed by atoms with van der Waals surface area (Å²) in [6.07, 6.45) is 5.10. The minimum atomic E-state index is -0.290. The number of hydrogen-bond donors (Lipinski definition) is 2. The lowest BCUT2D eigenvalue weighted by Gasteiger charge is -2.36. The predicted octanol–water partition coefficient (Wildman–Crippen LogP) is 4.00. The predicted molar refractivity (Wildman–Crippen MR) is 267 cm³/mol. The fourth-order valence-electron chi connectivity index (χ4n) is 9.14. The molecule has 23 nitrogen and oxygen atoms in total. The third kappa shape index (κ3) is 9.11. The van der Waals surface area contributed by atoms with Crippen molar-refractivity contribution < 1.29 is 22.8 Å². The number of nitrogen functional groups attached to an aromatic ring is 2. The van der Waals surface area contributed by atoms with Gasteiger partial charge in [-0.1, -0.05) is 11.1 Å². The molecule has 12 rings (SSSR count). The third-order valence-corrected chi connectivity index (χ3v) is 13.0. The van der Waals surface area contributed by atoms with E-state index in [2.05, 4.69) is 89.1 Å². The van der Waals surface area contributed by atoms with Crippen molar-refractivity contribution >= 4 is 67.6 Å². The SMILES string of the molecule is CC#Cc1nc2c3cnn(CCN4CCN(c5cc6c(C)noc6cc5F)CC4)c3nc(N)n2n1.COCCOc1ccc(N2CCN(CCn3ncc4c3nc(N)n3nc(-c5ccco5)nc43)CC2)cc1. The van der Waals surface area contributed by atoms with Gasteiger partial charge in [-0.2, -0.15) is 34.2 Å². The van der Waals surface area contributed by atoms with E-state index in [-0.39, 0.29) is 17.7 Å². The van der Waals surface area contributed by atoms with Crippen LogP contribution in [0.3, 0.4) is 0 Å². The highest BCUT2D eigenvalue weighted by Crippen LogP contribution is 2.30. The van der Waals surface area contributed by atoms with E-state index in [1.54, 1.807) is 38.8 Å². The Bertz CT molecular complexity index is 3570. The minimum Gasteiger partial charge on any atom is -0.491 e. The quantitative estimate of drug-likeness (QED) is 0.122. The molecule has 2 saturated heterocycles. The fourth-order valence-corrected chi connectivity index (χ4v) is 9.14. The number of halogens is 1. The molecule has 0 aliphatic carbocycles. The highest BCUT2D eigenvalue weighted by atomic mass is 19.1. The van der Waals surface area contributed by atoms with E-state index in [0.717, 1.165) is 93.0 Å². The van der Waals surface area contributed by atoms with Crippen molar-refractivity contribution in [2.45, 2.75) is 26.9 Å². The van der Waals surface area contributed by atoms with Crippen molar-refractivity contribution in [3.8, 4) is 29.2 Å². The van der Waals surface area contributed by atoms with Gasteiger partial charge in [0, 0.05) is 89.7 Å². The van der Waals surface area contributed by atoms with Gasteiger partial charge in [0.1, 0.15) is 18.2 Å². The molecule has 2 aromatic carbocycles. The van der Waals surface area contributed by atoms with Gasteiger partial charge in [-0.15, -0.1) is 10.2 Å². The van der Waals surface area contributed by atoms with Gasteiger partial charge in [0.2, 0.25) is 23.5 Å². The van der Waals surface area contributed by atoms with Gasteiger partial charge >= 0.3 is 0 Å². The number of methoxy groups -OCH3 is 1. The Kier molecular flexibility index (Phi) is 12.6. The molecule has 0 saturated carbocycles. The number of fused-ring (bicyclic) bond motifs is 7. The number of nitrogens with two attached hydrogens (primary N) is 2. The number of aryl methyl sites for hydroxylation is 1. The Balaban J connectivity index is 0.000000156. The summed E-state index contributed by atoms with van der Waals surface area (Å²) in [5.41, 5.74) is 17.9. The molecule has 0 spiro atoms. The lowest BCUT2D eigenvalue weighted by atomic mass is 10.1. The Morgan fingerprint density at radius 1 is 0.708 bits per heavy atom. The van der Waals surface area contributed by atoms with E-state index in [1.807, 2.05) is 40.6 Å². The second kappa shape index (κ2) is 19.8. The molecule has 4 N–H and O–H groups in total. The summed E-state index contributed by atoms with van der Waals surface area (Å²) in [5.74, 6) is 8.15. The molecule has 0 atom stereocenters. The normalized spacial score (nSPS) is 14.7. The van der Waals surface area contributed by atoms with E-state index in [4.69, 9.17) is 29.9 Å². The zero-order valence-electron chi connectivity index (χ0n) is 40.0. The number of rotatable bonds is 13. The van der Waals surface area contributed by atoms with Crippen molar-refractivity contribution in [3.05, 3.63) is 84.5 Å². The number of piperazine rings is 2. The highest BCUT2D eigenvalue weighted by Gasteiger charge is 2.24. The molecule has 2 aliphatic rings. The number of hydrogen-bond acceptors (Lipinski definition) is 19. The van der Waals surface area contributed by atoms with E-state index >= 15 is 0 Å². The van der Waals surface area contributed by atoms with Crippen molar-refractivity contribution in [2.24, 2.45) is 0 Å². The van der Waals surface area contributed by atoms with Crippen LogP contribution in [-0.2, 0) is 17.8 Å². The molecule has 8 aromatic heterocycles. The van der Waals surface area contributed by atoms with Gasteiger partial charge in [-0.25, -0.2) is 18.7 Å². The van der Waals surface area contributed by atoms with Gasteiger partial charge < -0.3 is 39.7 Å². The Labute approximate surface area is 410 Å². The van der Waals surface area contributed by atoms with Crippen molar-refractivity contribution in [3.63, 3.8) is 0 Å². The summed E-state index contributed by atoms with van der Waals surface area (Å²) in [7, 11) is 1.67. The van der Waals surface area contributed by atoms with E-state index in [1.165, 1.54) is 20.8 Å². The zero-order valence-corrected chi connectivity index (χ0v) is 40.0. The van der Waals surface area contributed by atoms with Crippen LogP contribution < -0.4 is 26.0 Å². The summed E-state index contributed by atoms with van der Waals surface area (Å²) in [4.78, 5) is 27.4. The second-order valence-corrected chi connectivity index (χ2v) is 17.4. The van der Waals surface area contributed by atoms with Gasteiger partial charge in [-0.05, 0) is 62.2 Å². The van der Waals surface area contributed by atoms with Crippen LogP contribution in [0.2, 0.25) is 0 Å². The van der Waals surface area contributed by atoms with Gasteiger partial charge in [0.15, 0.2) is 33.9 Å². The van der Waals surface area contributed by atoms with Crippen molar-refractivity contribution in [2.75, 3.05) is 107 Å². The van der Waals surface area contributed by atoms with E-state index < -0.39 is 0 Å². The molecule has 72 heavy (non-hydrogen) atoms. The molecule has 0 radical (unpaired) electrons. The molecule has 0 amide bonds. The summed E-state index contributed by atoms with van der Waals surface area (Å²) >= 11 is 0. The summed E-state index contributed by atoms with van der Waals surface area (Å²) in [6.45, 7) is 14.7. The van der Waals surface area contributed by atoms with Gasteiger partial charge in [-0.3, -0.25) is 9.80 Å². The number of nitrogens with zero attached hydrogens (tertiary/aromatic N) is 17. The number of benzene rings is 2. The number of ether oxygens (including phenoxy) is 2.